The van der Waals surface area contributed by atoms with Gasteiger partial charge in [-0.1, -0.05) is 18.7 Å². The van der Waals surface area contributed by atoms with Gasteiger partial charge >= 0.3 is 5.69 Å². The minimum absolute atomic E-state index is 0.00282. The molecule has 0 N–H and O–H groups in total. The van der Waals surface area contributed by atoms with E-state index in [4.69, 9.17) is 4.74 Å². The van der Waals surface area contributed by atoms with E-state index in [9.17, 15) is 4.79 Å². The van der Waals surface area contributed by atoms with Gasteiger partial charge in [-0.2, -0.15) is 0 Å². The first-order valence-electron chi connectivity index (χ1n) is 7.35. The molecule has 2 aromatic rings. The van der Waals surface area contributed by atoms with Crippen LogP contribution in [0.3, 0.4) is 0 Å². The van der Waals surface area contributed by atoms with Gasteiger partial charge in [-0.3, -0.25) is 14.0 Å². The van der Waals surface area contributed by atoms with Crippen LogP contribution in [-0.4, -0.2) is 46.9 Å². The van der Waals surface area contributed by atoms with Crippen LogP contribution in [0.4, 0.5) is 0 Å². The summed E-state index contributed by atoms with van der Waals surface area (Å²) < 4.78 is 8.89. The van der Waals surface area contributed by atoms with Crippen LogP contribution in [-0.2, 0) is 11.3 Å². The van der Waals surface area contributed by atoms with Gasteiger partial charge in [0.25, 0.3) is 0 Å². The maximum atomic E-state index is 12.6. The minimum atomic E-state index is -0.00282. The predicted molar refractivity (Wildman–Crippen MR) is 84.5 cm³/mol. The largest absolute Gasteiger partial charge is 0.379 e. The number of hydrogen-bond donors (Lipinski definition) is 0. The third kappa shape index (κ3) is 2.66. The average molecular weight is 287 g/mol. The molecule has 1 aromatic carbocycles. The van der Waals surface area contributed by atoms with E-state index in [-0.39, 0.29) is 5.69 Å². The van der Waals surface area contributed by atoms with E-state index in [2.05, 4.69) is 11.5 Å². The number of nitrogens with zero attached hydrogens (tertiary/aromatic N) is 3. The summed E-state index contributed by atoms with van der Waals surface area (Å²) in [6.07, 6.45) is 0. The number of benzene rings is 1. The Kier molecular flexibility index (Phi) is 3.94. The summed E-state index contributed by atoms with van der Waals surface area (Å²) in [4.78, 5) is 15.0. The molecule has 1 aliphatic rings. The first-order valence-corrected chi connectivity index (χ1v) is 7.35. The second-order valence-electron chi connectivity index (χ2n) is 5.45. The number of ether oxygens (including phenoxy) is 1. The van der Waals surface area contributed by atoms with Crippen LogP contribution in [0.5, 0.6) is 0 Å². The van der Waals surface area contributed by atoms with Crippen molar-refractivity contribution in [1.82, 2.24) is 14.0 Å². The molecule has 2 heterocycles. The summed E-state index contributed by atoms with van der Waals surface area (Å²) in [5.74, 6) is 0. The Morgan fingerprint density at radius 1 is 1.19 bits per heavy atom. The van der Waals surface area contributed by atoms with Crippen molar-refractivity contribution in [2.45, 2.75) is 13.5 Å². The Bertz CT molecular complexity index is 708. The number of para-hydroxylation sites is 2. The topological polar surface area (TPSA) is 39.4 Å². The van der Waals surface area contributed by atoms with Gasteiger partial charge in [0.15, 0.2) is 0 Å². The SMILES string of the molecule is C=C(C)n1c(=O)n(CCN2CCOCC2)c2ccccc21. The van der Waals surface area contributed by atoms with Crippen molar-refractivity contribution in [3.05, 3.63) is 41.3 Å². The van der Waals surface area contributed by atoms with Gasteiger partial charge < -0.3 is 4.74 Å². The molecule has 0 radical (unpaired) electrons. The first kappa shape index (κ1) is 14.1. The van der Waals surface area contributed by atoms with E-state index in [0.717, 1.165) is 49.6 Å². The average Bonchev–Trinajstić information content (AvgIpc) is 2.78. The smallest absolute Gasteiger partial charge is 0.333 e. The third-order valence-corrected chi connectivity index (χ3v) is 3.96. The molecular weight excluding hydrogens is 266 g/mol. The highest BCUT2D eigenvalue weighted by Crippen LogP contribution is 2.15. The van der Waals surface area contributed by atoms with Gasteiger partial charge in [0.05, 0.1) is 24.2 Å². The van der Waals surface area contributed by atoms with Crippen molar-refractivity contribution in [3.63, 3.8) is 0 Å². The second-order valence-corrected chi connectivity index (χ2v) is 5.45. The fourth-order valence-electron chi connectivity index (χ4n) is 2.86. The van der Waals surface area contributed by atoms with E-state index in [1.165, 1.54) is 0 Å². The lowest BCUT2D eigenvalue weighted by molar-refractivity contribution is 0.0364. The molecule has 1 saturated heterocycles. The number of morpholine rings is 1. The van der Waals surface area contributed by atoms with E-state index in [1.54, 1.807) is 4.57 Å². The Balaban J connectivity index is 1.92. The molecule has 0 saturated carbocycles. The number of aromatic nitrogens is 2. The van der Waals surface area contributed by atoms with Gasteiger partial charge in [-0.25, -0.2) is 4.79 Å². The first-order chi connectivity index (χ1) is 10.2. The van der Waals surface area contributed by atoms with Crippen molar-refractivity contribution in [3.8, 4) is 0 Å². The number of fused-ring (bicyclic) bond motifs is 1. The van der Waals surface area contributed by atoms with Crippen LogP contribution in [0, 0.1) is 0 Å². The molecule has 0 bridgehead atoms. The van der Waals surface area contributed by atoms with Crippen LogP contribution in [0.25, 0.3) is 16.7 Å². The number of rotatable bonds is 4. The quantitative estimate of drug-likeness (QED) is 0.858. The molecule has 5 heteroatoms. The molecule has 112 valence electrons. The van der Waals surface area contributed by atoms with Crippen LogP contribution in [0.15, 0.2) is 35.6 Å². The highest BCUT2D eigenvalue weighted by molar-refractivity contribution is 5.79. The summed E-state index contributed by atoms with van der Waals surface area (Å²) in [6.45, 7) is 10.8. The van der Waals surface area contributed by atoms with Crippen molar-refractivity contribution < 1.29 is 4.74 Å². The van der Waals surface area contributed by atoms with E-state index in [1.807, 2.05) is 35.8 Å². The summed E-state index contributed by atoms with van der Waals surface area (Å²) in [5.41, 5.74) is 2.65. The van der Waals surface area contributed by atoms with E-state index < -0.39 is 0 Å². The molecule has 21 heavy (non-hydrogen) atoms. The lowest BCUT2D eigenvalue weighted by Gasteiger charge is -2.26. The van der Waals surface area contributed by atoms with Crippen LogP contribution >= 0.6 is 0 Å². The lowest BCUT2D eigenvalue weighted by atomic mass is 10.3. The molecule has 0 amide bonds. The van der Waals surface area contributed by atoms with Gasteiger partial charge in [-0.15, -0.1) is 0 Å². The highest BCUT2D eigenvalue weighted by Gasteiger charge is 2.15. The fraction of sp³-hybridized carbons (Fsp3) is 0.438. The number of imidazole rings is 1. The van der Waals surface area contributed by atoms with Crippen LogP contribution in [0.1, 0.15) is 6.92 Å². The molecule has 1 fully saturated rings. The molecule has 0 unspecified atom stereocenters. The van der Waals surface area contributed by atoms with E-state index >= 15 is 0 Å². The highest BCUT2D eigenvalue weighted by atomic mass is 16.5. The molecule has 1 aromatic heterocycles. The third-order valence-electron chi connectivity index (χ3n) is 3.96. The molecule has 5 nitrogen and oxygen atoms in total. The fourth-order valence-corrected chi connectivity index (χ4v) is 2.86. The zero-order valence-electron chi connectivity index (χ0n) is 12.4. The Morgan fingerprint density at radius 2 is 1.86 bits per heavy atom. The maximum absolute atomic E-state index is 12.6. The van der Waals surface area contributed by atoms with Gasteiger partial charge in [-0.05, 0) is 19.1 Å². The maximum Gasteiger partial charge on any atom is 0.333 e. The Labute approximate surface area is 124 Å². The molecular formula is C16H21N3O2. The number of hydrogen-bond acceptors (Lipinski definition) is 3. The van der Waals surface area contributed by atoms with Crippen molar-refractivity contribution in [2.75, 3.05) is 32.8 Å². The van der Waals surface area contributed by atoms with Gasteiger partial charge in [0.2, 0.25) is 0 Å². The summed E-state index contributed by atoms with van der Waals surface area (Å²) in [6, 6.07) is 7.88. The Hall–Kier alpha value is -1.85. The van der Waals surface area contributed by atoms with E-state index in [0.29, 0.717) is 6.54 Å². The zero-order valence-corrected chi connectivity index (χ0v) is 12.4. The van der Waals surface area contributed by atoms with Crippen LogP contribution < -0.4 is 5.69 Å². The van der Waals surface area contributed by atoms with Crippen molar-refractivity contribution in [2.24, 2.45) is 0 Å². The predicted octanol–water partition coefficient (Wildman–Crippen LogP) is 1.63. The van der Waals surface area contributed by atoms with Crippen molar-refractivity contribution in [1.29, 1.82) is 0 Å². The van der Waals surface area contributed by atoms with Gasteiger partial charge in [0.1, 0.15) is 0 Å². The monoisotopic (exact) mass is 287 g/mol. The van der Waals surface area contributed by atoms with Crippen LogP contribution in [0.2, 0.25) is 0 Å². The zero-order chi connectivity index (χ0) is 14.8. The second kappa shape index (κ2) is 5.87. The summed E-state index contributed by atoms with van der Waals surface area (Å²) in [5, 5.41) is 0. The lowest BCUT2D eigenvalue weighted by Crippen LogP contribution is -2.39. The van der Waals surface area contributed by atoms with Gasteiger partial charge in [0, 0.05) is 31.9 Å². The normalized spacial score (nSPS) is 16.4. The summed E-state index contributed by atoms with van der Waals surface area (Å²) in [7, 11) is 0. The molecule has 0 atom stereocenters. The molecule has 0 aliphatic carbocycles. The molecule has 3 rings (SSSR count). The number of allylic oxidation sites excluding steroid dienone is 1. The minimum Gasteiger partial charge on any atom is -0.379 e. The standard InChI is InChI=1S/C16H21N3O2/c1-13(2)19-15-6-4-3-5-14(15)18(16(19)20)8-7-17-9-11-21-12-10-17/h3-6H,1,7-12H2,2H3. The molecule has 1 aliphatic heterocycles. The summed E-state index contributed by atoms with van der Waals surface area (Å²) >= 11 is 0. The Morgan fingerprint density at radius 3 is 2.52 bits per heavy atom. The molecule has 0 spiro atoms. The van der Waals surface area contributed by atoms with Crippen molar-refractivity contribution >= 4 is 16.7 Å².